The first-order valence-corrected chi connectivity index (χ1v) is 3.74. The SMILES string of the molecule is C#CC1CC[C@H]2COC(=O)N12. The monoisotopic (exact) mass is 151 g/mol. The van der Waals surface area contributed by atoms with Crippen molar-refractivity contribution in [3.8, 4) is 12.3 Å². The zero-order valence-electron chi connectivity index (χ0n) is 6.12. The Morgan fingerprint density at radius 2 is 2.45 bits per heavy atom. The van der Waals surface area contributed by atoms with Gasteiger partial charge >= 0.3 is 6.09 Å². The van der Waals surface area contributed by atoms with E-state index in [0.717, 1.165) is 12.8 Å². The zero-order valence-corrected chi connectivity index (χ0v) is 6.12. The fraction of sp³-hybridized carbons (Fsp3) is 0.625. The smallest absolute Gasteiger partial charge is 0.411 e. The lowest BCUT2D eigenvalue weighted by Crippen LogP contribution is -2.33. The number of fused-ring (bicyclic) bond motifs is 1. The highest BCUT2D eigenvalue weighted by molar-refractivity contribution is 5.71. The van der Waals surface area contributed by atoms with Crippen LogP contribution in [0.4, 0.5) is 4.79 Å². The van der Waals surface area contributed by atoms with E-state index in [-0.39, 0.29) is 18.2 Å². The van der Waals surface area contributed by atoms with Crippen LogP contribution in [-0.2, 0) is 4.74 Å². The van der Waals surface area contributed by atoms with Crippen molar-refractivity contribution in [2.45, 2.75) is 24.9 Å². The molecule has 2 heterocycles. The van der Waals surface area contributed by atoms with Gasteiger partial charge < -0.3 is 4.74 Å². The van der Waals surface area contributed by atoms with Gasteiger partial charge in [0, 0.05) is 0 Å². The second-order valence-corrected chi connectivity index (χ2v) is 2.90. The molecular formula is C8H9NO2. The molecule has 0 aromatic rings. The summed E-state index contributed by atoms with van der Waals surface area (Å²) in [5, 5.41) is 0. The number of hydrogen-bond donors (Lipinski definition) is 0. The third-order valence-corrected chi connectivity index (χ3v) is 2.30. The Morgan fingerprint density at radius 3 is 3.18 bits per heavy atom. The van der Waals surface area contributed by atoms with Crippen LogP contribution >= 0.6 is 0 Å². The van der Waals surface area contributed by atoms with Crippen LogP contribution in [0.15, 0.2) is 0 Å². The summed E-state index contributed by atoms with van der Waals surface area (Å²) in [6.07, 6.45) is 6.93. The van der Waals surface area contributed by atoms with Crippen LogP contribution in [0.5, 0.6) is 0 Å². The lowest BCUT2D eigenvalue weighted by atomic mass is 10.2. The summed E-state index contributed by atoms with van der Waals surface area (Å²) in [4.78, 5) is 12.7. The highest BCUT2D eigenvalue weighted by Crippen LogP contribution is 2.28. The van der Waals surface area contributed by atoms with Crippen molar-refractivity contribution in [1.29, 1.82) is 0 Å². The Kier molecular flexibility index (Phi) is 1.28. The minimum Gasteiger partial charge on any atom is -0.447 e. The highest BCUT2D eigenvalue weighted by Gasteiger charge is 2.42. The third kappa shape index (κ3) is 0.790. The summed E-state index contributed by atoms with van der Waals surface area (Å²) in [6.45, 7) is 0.525. The Morgan fingerprint density at radius 1 is 1.64 bits per heavy atom. The van der Waals surface area contributed by atoms with E-state index in [1.807, 2.05) is 0 Å². The van der Waals surface area contributed by atoms with Crippen LogP contribution < -0.4 is 0 Å². The van der Waals surface area contributed by atoms with Gasteiger partial charge in [0.05, 0.1) is 12.1 Å². The molecule has 1 amide bonds. The third-order valence-electron chi connectivity index (χ3n) is 2.30. The number of amides is 1. The molecule has 58 valence electrons. The van der Waals surface area contributed by atoms with E-state index in [9.17, 15) is 4.79 Å². The predicted molar refractivity (Wildman–Crippen MR) is 38.8 cm³/mol. The van der Waals surface area contributed by atoms with Crippen LogP contribution in [0.25, 0.3) is 0 Å². The molecular weight excluding hydrogens is 142 g/mol. The standard InChI is InChI=1S/C8H9NO2/c1-2-6-3-4-7-5-11-8(10)9(6)7/h1,6-7H,3-5H2/t6?,7-/m0/s1. The van der Waals surface area contributed by atoms with Gasteiger partial charge in [0.15, 0.2) is 0 Å². The topological polar surface area (TPSA) is 29.5 Å². The van der Waals surface area contributed by atoms with E-state index in [1.54, 1.807) is 4.90 Å². The molecule has 1 unspecified atom stereocenters. The van der Waals surface area contributed by atoms with Crippen molar-refractivity contribution in [3.63, 3.8) is 0 Å². The summed E-state index contributed by atoms with van der Waals surface area (Å²) in [6, 6.07) is 0.235. The van der Waals surface area contributed by atoms with Crippen molar-refractivity contribution in [2.24, 2.45) is 0 Å². The number of ether oxygens (including phenoxy) is 1. The first-order chi connectivity index (χ1) is 5.33. The summed E-state index contributed by atoms with van der Waals surface area (Å²) in [5.74, 6) is 2.59. The predicted octanol–water partition coefficient (Wildman–Crippen LogP) is 0.603. The second-order valence-electron chi connectivity index (χ2n) is 2.90. The molecule has 2 fully saturated rings. The summed E-state index contributed by atoms with van der Waals surface area (Å²) < 4.78 is 4.84. The molecule has 0 bridgehead atoms. The van der Waals surface area contributed by atoms with E-state index in [4.69, 9.17) is 11.2 Å². The van der Waals surface area contributed by atoms with Crippen LogP contribution in [0.3, 0.4) is 0 Å². The van der Waals surface area contributed by atoms with E-state index >= 15 is 0 Å². The molecule has 2 aliphatic rings. The number of terminal acetylenes is 1. The minimum atomic E-state index is -0.240. The largest absolute Gasteiger partial charge is 0.447 e. The fourth-order valence-electron chi connectivity index (χ4n) is 1.73. The molecule has 3 heteroatoms. The van der Waals surface area contributed by atoms with Gasteiger partial charge in [-0.05, 0) is 12.8 Å². The maximum atomic E-state index is 11.0. The Labute approximate surface area is 65.3 Å². The molecule has 2 atom stereocenters. The van der Waals surface area contributed by atoms with Crippen LogP contribution in [0.2, 0.25) is 0 Å². The van der Waals surface area contributed by atoms with Gasteiger partial charge in [-0.2, -0.15) is 0 Å². The first kappa shape index (κ1) is 6.53. The van der Waals surface area contributed by atoms with E-state index in [1.165, 1.54) is 0 Å². The molecule has 0 aromatic carbocycles. The molecule has 2 saturated heterocycles. The lowest BCUT2D eigenvalue weighted by Gasteiger charge is -2.15. The maximum Gasteiger partial charge on any atom is 0.411 e. The molecule has 0 aromatic heterocycles. The van der Waals surface area contributed by atoms with Gasteiger partial charge in [-0.1, -0.05) is 5.92 Å². The van der Waals surface area contributed by atoms with Crippen molar-refractivity contribution in [3.05, 3.63) is 0 Å². The van der Waals surface area contributed by atoms with Crippen molar-refractivity contribution in [2.75, 3.05) is 6.61 Å². The van der Waals surface area contributed by atoms with E-state index in [0.29, 0.717) is 6.61 Å². The quantitative estimate of drug-likeness (QED) is 0.474. The highest BCUT2D eigenvalue weighted by atomic mass is 16.6. The molecule has 0 spiro atoms. The Hall–Kier alpha value is -1.17. The van der Waals surface area contributed by atoms with Crippen molar-refractivity contribution >= 4 is 6.09 Å². The van der Waals surface area contributed by atoms with Crippen molar-refractivity contribution < 1.29 is 9.53 Å². The number of hydrogen-bond acceptors (Lipinski definition) is 2. The molecule has 2 aliphatic heterocycles. The van der Waals surface area contributed by atoms with Crippen LogP contribution in [-0.4, -0.2) is 29.7 Å². The normalized spacial score (nSPS) is 34.8. The summed E-state index contributed by atoms with van der Waals surface area (Å²) in [5.41, 5.74) is 0. The molecule has 0 N–H and O–H groups in total. The van der Waals surface area contributed by atoms with Gasteiger partial charge in [0.1, 0.15) is 6.61 Å². The minimum absolute atomic E-state index is 0.0185. The summed E-state index contributed by atoms with van der Waals surface area (Å²) >= 11 is 0. The Balaban J connectivity index is 2.21. The van der Waals surface area contributed by atoms with Crippen LogP contribution in [0, 0.1) is 12.3 Å². The van der Waals surface area contributed by atoms with Gasteiger partial charge in [-0.25, -0.2) is 4.79 Å². The number of carbonyl (C=O) groups is 1. The molecule has 2 rings (SSSR count). The van der Waals surface area contributed by atoms with E-state index in [2.05, 4.69) is 5.92 Å². The molecule has 3 nitrogen and oxygen atoms in total. The number of carbonyl (C=O) groups excluding carboxylic acids is 1. The second kappa shape index (κ2) is 2.16. The van der Waals surface area contributed by atoms with Gasteiger partial charge in [0.25, 0.3) is 0 Å². The number of cyclic esters (lactones) is 1. The maximum absolute atomic E-state index is 11.0. The first-order valence-electron chi connectivity index (χ1n) is 3.74. The number of rotatable bonds is 0. The molecule has 0 radical (unpaired) electrons. The lowest BCUT2D eigenvalue weighted by molar-refractivity contribution is 0.155. The Bertz CT molecular complexity index is 231. The van der Waals surface area contributed by atoms with Crippen LogP contribution in [0.1, 0.15) is 12.8 Å². The summed E-state index contributed by atoms with van der Waals surface area (Å²) in [7, 11) is 0. The van der Waals surface area contributed by atoms with Crippen molar-refractivity contribution in [1.82, 2.24) is 4.90 Å². The van der Waals surface area contributed by atoms with Gasteiger partial charge in [0.2, 0.25) is 0 Å². The zero-order chi connectivity index (χ0) is 7.84. The average Bonchev–Trinajstić information content (AvgIpc) is 2.54. The molecule has 0 saturated carbocycles. The van der Waals surface area contributed by atoms with Gasteiger partial charge in [-0.3, -0.25) is 4.90 Å². The fourth-order valence-corrected chi connectivity index (χ4v) is 1.73. The van der Waals surface area contributed by atoms with Gasteiger partial charge in [-0.15, -0.1) is 6.42 Å². The number of nitrogens with zero attached hydrogens (tertiary/aromatic N) is 1. The molecule has 11 heavy (non-hydrogen) atoms. The van der Waals surface area contributed by atoms with E-state index < -0.39 is 0 Å². The average molecular weight is 151 g/mol. The molecule has 0 aliphatic carbocycles.